The van der Waals surface area contributed by atoms with Crippen molar-refractivity contribution in [3.05, 3.63) is 209 Å². The number of carbonyl (C=O) groups excluding carboxylic acids is 2. The van der Waals surface area contributed by atoms with E-state index in [9.17, 15) is 9.59 Å². The molecule has 8 aromatic rings. The Balaban J connectivity index is 1.26. The molecule has 234 valence electrons. The highest BCUT2D eigenvalue weighted by atomic mass is 32.2. The summed E-state index contributed by atoms with van der Waals surface area (Å²) in [6.45, 7) is 0. The number of hydrogen-bond acceptors (Lipinski definition) is 3. The van der Waals surface area contributed by atoms with Gasteiger partial charge in [-0.3, -0.25) is 9.59 Å². The minimum atomic E-state index is -0.508. The summed E-state index contributed by atoms with van der Waals surface area (Å²) in [6.07, 6.45) is 0.838. The second kappa shape index (κ2) is 13.5. The molecule has 0 spiro atoms. The van der Waals surface area contributed by atoms with E-state index >= 15 is 0 Å². The molecule has 0 saturated carbocycles. The molecule has 8 rings (SSSR count). The van der Waals surface area contributed by atoms with Crippen molar-refractivity contribution < 1.29 is 9.59 Å². The Labute approximate surface area is 292 Å². The molecular weight excluding hydrogens is 637 g/mol. The Morgan fingerprint density at radius 3 is 1.57 bits per heavy atom. The Morgan fingerprint density at radius 2 is 0.898 bits per heavy atom. The first-order valence-electron chi connectivity index (χ1n) is 16.2. The molecule has 7 aromatic carbocycles. The van der Waals surface area contributed by atoms with Crippen molar-refractivity contribution in [1.82, 2.24) is 0 Å². The smallest absolute Gasteiger partial charge is 0.193 e. The van der Waals surface area contributed by atoms with Crippen LogP contribution in [0.25, 0.3) is 20.2 Å². The zero-order valence-corrected chi connectivity index (χ0v) is 28.2. The van der Waals surface area contributed by atoms with Gasteiger partial charge >= 0.3 is 0 Å². The van der Waals surface area contributed by atoms with Gasteiger partial charge in [-0.2, -0.15) is 0 Å². The first-order chi connectivity index (χ1) is 24.1. The van der Waals surface area contributed by atoms with Crippen molar-refractivity contribution >= 4 is 54.0 Å². The number of rotatable bonds is 9. The van der Waals surface area contributed by atoms with Crippen molar-refractivity contribution in [2.75, 3.05) is 0 Å². The number of hydrogen-bond donors (Lipinski definition) is 0. The first kappa shape index (κ1) is 30.8. The quantitative estimate of drug-likeness (QED) is 0.113. The number of thiophene rings is 1. The van der Waals surface area contributed by atoms with Crippen molar-refractivity contribution in [2.45, 2.75) is 21.1 Å². The molecule has 0 aliphatic heterocycles. The minimum absolute atomic E-state index is 0.0127. The van der Waals surface area contributed by atoms with E-state index in [1.54, 1.807) is 11.3 Å². The summed E-state index contributed by atoms with van der Waals surface area (Å²) in [5.74, 6) is 0.0339. The molecular formula is C45H31O2S2+. The SMILES string of the molecule is O=C(c1ccccc1)c1cccc([S+](c2cccc(Cc3ccccc3)c2)c2ccc3sc4ccc(C(=O)c5ccccc5)cc4c3c2)c1. The maximum absolute atomic E-state index is 13.6. The van der Waals surface area contributed by atoms with Crippen LogP contribution >= 0.6 is 11.3 Å². The molecule has 0 aliphatic carbocycles. The van der Waals surface area contributed by atoms with Crippen LogP contribution in [-0.4, -0.2) is 11.6 Å². The molecule has 0 fully saturated rings. The summed E-state index contributed by atoms with van der Waals surface area (Å²) < 4.78 is 2.33. The van der Waals surface area contributed by atoms with Crippen molar-refractivity contribution in [3.63, 3.8) is 0 Å². The zero-order valence-electron chi connectivity index (χ0n) is 26.6. The van der Waals surface area contributed by atoms with Crippen molar-refractivity contribution in [1.29, 1.82) is 0 Å². The van der Waals surface area contributed by atoms with Crippen LogP contribution in [0.2, 0.25) is 0 Å². The van der Waals surface area contributed by atoms with E-state index in [1.807, 2.05) is 91.0 Å². The molecule has 0 radical (unpaired) electrons. The van der Waals surface area contributed by atoms with Gasteiger partial charge in [0.1, 0.15) is 0 Å². The van der Waals surface area contributed by atoms with Gasteiger partial charge in [0.15, 0.2) is 26.3 Å². The van der Waals surface area contributed by atoms with E-state index in [0.29, 0.717) is 22.3 Å². The lowest BCUT2D eigenvalue weighted by molar-refractivity contribution is 0.103. The Morgan fingerprint density at radius 1 is 0.408 bits per heavy atom. The van der Waals surface area contributed by atoms with Crippen LogP contribution in [0.1, 0.15) is 43.0 Å². The highest BCUT2D eigenvalue weighted by Crippen LogP contribution is 2.39. The number of carbonyl (C=O) groups is 2. The predicted molar refractivity (Wildman–Crippen MR) is 203 cm³/mol. The molecule has 4 heteroatoms. The highest BCUT2D eigenvalue weighted by Gasteiger charge is 2.31. The predicted octanol–water partition coefficient (Wildman–Crippen LogP) is 11.2. The fourth-order valence-electron chi connectivity index (χ4n) is 6.32. The van der Waals surface area contributed by atoms with Gasteiger partial charge < -0.3 is 0 Å². The fraction of sp³-hybridized carbons (Fsp3) is 0.0222. The first-order valence-corrected chi connectivity index (χ1v) is 18.3. The summed E-state index contributed by atoms with van der Waals surface area (Å²) in [4.78, 5) is 30.5. The van der Waals surface area contributed by atoms with Gasteiger partial charge in [-0.1, -0.05) is 115 Å². The third-order valence-electron chi connectivity index (χ3n) is 8.73. The average Bonchev–Trinajstić information content (AvgIpc) is 3.53. The standard InChI is InChI=1S/C45H31O2S2/c46-44(33-15-6-2-7-16-33)35-19-11-21-38(28-35)49(37-20-10-14-32(27-37)26-31-12-4-1-5-13-31)39-23-25-43-41(30-39)40-29-36(22-24-42(40)48-43)45(47)34-17-8-3-9-18-34/h1-25,27-30H,26H2/q+1. The van der Waals surface area contributed by atoms with E-state index in [-0.39, 0.29) is 11.6 Å². The summed E-state index contributed by atoms with van der Waals surface area (Å²) in [7, 11) is -0.508. The van der Waals surface area contributed by atoms with Gasteiger partial charge in [-0.05, 0) is 66.1 Å². The molecule has 0 bridgehead atoms. The monoisotopic (exact) mass is 667 g/mol. The van der Waals surface area contributed by atoms with Gasteiger partial charge in [-0.15, -0.1) is 11.3 Å². The molecule has 0 N–H and O–H groups in total. The van der Waals surface area contributed by atoms with Crippen LogP contribution in [0, 0.1) is 0 Å². The molecule has 49 heavy (non-hydrogen) atoms. The summed E-state index contributed by atoms with van der Waals surface area (Å²) in [5.41, 5.74) is 5.22. The van der Waals surface area contributed by atoms with Gasteiger partial charge in [0.05, 0.1) is 10.9 Å². The van der Waals surface area contributed by atoms with Gasteiger partial charge in [0.2, 0.25) is 0 Å². The molecule has 1 heterocycles. The van der Waals surface area contributed by atoms with E-state index in [2.05, 4.69) is 84.9 Å². The second-order valence-electron chi connectivity index (χ2n) is 12.0. The maximum Gasteiger partial charge on any atom is 0.193 e. The van der Waals surface area contributed by atoms with Gasteiger partial charge in [0, 0.05) is 54.6 Å². The Kier molecular flexibility index (Phi) is 8.49. The van der Waals surface area contributed by atoms with E-state index in [1.165, 1.54) is 20.7 Å². The number of ketones is 2. The highest BCUT2D eigenvalue weighted by molar-refractivity contribution is 7.97. The van der Waals surface area contributed by atoms with Crippen LogP contribution in [0.5, 0.6) is 0 Å². The van der Waals surface area contributed by atoms with Crippen molar-refractivity contribution in [3.8, 4) is 0 Å². The number of fused-ring (bicyclic) bond motifs is 3. The van der Waals surface area contributed by atoms with Gasteiger partial charge in [-0.25, -0.2) is 0 Å². The maximum atomic E-state index is 13.6. The molecule has 0 amide bonds. The topological polar surface area (TPSA) is 34.1 Å². The normalized spacial score (nSPS) is 11.8. The van der Waals surface area contributed by atoms with Crippen LogP contribution in [0.4, 0.5) is 0 Å². The van der Waals surface area contributed by atoms with Crippen molar-refractivity contribution in [2.24, 2.45) is 0 Å². The summed E-state index contributed by atoms with van der Waals surface area (Å²) >= 11 is 1.74. The lowest BCUT2D eigenvalue weighted by Gasteiger charge is -2.11. The van der Waals surface area contributed by atoms with Crippen LogP contribution in [0.3, 0.4) is 0 Å². The zero-order chi connectivity index (χ0) is 33.2. The second-order valence-corrected chi connectivity index (χ2v) is 15.1. The van der Waals surface area contributed by atoms with Crippen LogP contribution in [-0.2, 0) is 17.3 Å². The lowest BCUT2D eigenvalue weighted by atomic mass is 10.0. The van der Waals surface area contributed by atoms with E-state index in [0.717, 1.165) is 31.7 Å². The van der Waals surface area contributed by atoms with E-state index in [4.69, 9.17) is 0 Å². The molecule has 0 aliphatic rings. The van der Waals surface area contributed by atoms with Crippen LogP contribution < -0.4 is 0 Å². The third-order valence-corrected chi connectivity index (χ3v) is 12.1. The molecule has 1 unspecified atom stereocenters. The minimum Gasteiger partial charge on any atom is -0.289 e. The van der Waals surface area contributed by atoms with Gasteiger partial charge in [0.25, 0.3) is 0 Å². The molecule has 1 aromatic heterocycles. The molecule has 2 nitrogen and oxygen atoms in total. The number of benzene rings is 7. The third kappa shape index (κ3) is 6.37. The lowest BCUT2D eigenvalue weighted by Crippen LogP contribution is -2.08. The summed E-state index contributed by atoms with van der Waals surface area (Å²) in [5, 5.41) is 2.22. The summed E-state index contributed by atoms with van der Waals surface area (Å²) in [6, 6.07) is 59.2. The van der Waals surface area contributed by atoms with E-state index < -0.39 is 10.9 Å². The Hall–Kier alpha value is -5.55. The Bertz CT molecular complexity index is 2450. The largest absolute Gasteiger partial charge is 0.289 e. The average molecular weight is 668 g/mol. The molecule has 1 atom stereocenters. The molecule has 0 saturated heterocycles. The fourth-order valence-corrected chi connectivity index (χ4v) is 9.59. The van der Waals surface area contributed by atoms with Crippen LogP contribution in [0.15, 0.2) is 191 Å².